The lowest BCUT2D eigenvalue weighted by molar-refractivity contribution is 0.0930. The lowest BCUT2D eigenvalue weighted by atomic mass is 9.91. The summed E-state index contributed by atoms with van der Waals surface area (Å²) in [5, 5.41) is 19.0. The molecular weight excluding hydrogens is 476 g/mol. The van der Waals surface area contributed by atoms with Gasteiger partial charge in [-0.1, -0.05) is 36.1 Å². The standard InChI is InChI=1S/C31H30N4O3/c1-19(2)38-29-13-11-20(10-12-22-6-5-9-27-30(22)31(32)35-34-27)15-25(29)28(37)16-21(18-36)14-23-17-33-26-8-4-3-7-24(23)26/h3-9,11,13,15,17,19,21,33,36H,14,16,18H2,1-2H3,(H3,32,34,35)/t21-/m0/s1. The van der Waals surface area contributed by atoms with Gasteiger partial charge in [-0.3, -0.25) is 9.89 Å². The normalized spacial score (nSPS) is 12.0. The third-order valence-corrected chi connectivity index (χ3v) is 6.52. The number of fused-ring (bicyclic) bond motifs is 2. The number of hydrogen-bond acceptors (Lipinski definition) is 5. The van der Waals surface area contributed by atoms with Crippen molar-refractivity contribution < 1.29 is 14.6 Å². The number of nitrogen functional groups attached to an aromatic ring is 1. The summed E-state index contributed by atoms with van der Waals surface area (Å²) in [6.07, 6.45) is 2.63. The number of Topliss-reactive ketones (excluding diaryl/α,β-unsaturated/α-hetero) is 1. The fraction of sp³-hybridized carbons (Fsp3) is 0.226. The lowest BCUT2D eigenvalue weighted by Crippen LogP contribution is -2.17. The van der Waals surface area contributed by atoms with Gasteiger partial charge in [0.1, 0.15) is 5.75 Å². The van der Waals surface area contributed by atoms with Crippen LogP contribution in [0.2, 0.25) is 0 Å². The van der Waals surface area contributed by atoms with Crippen molar-refractivity contribution in [1.29, 1.82) is 0 Å². The van der Waals surface area contributed by atoms with Crippen LogP contribution in [-0.4, -0.2) is 38.8 Å². The molecule has 0 unspecified atom stereocenters. The molecule has 0 fully saturated rings. The molecule has 0 spiro atoms. The molecule has 0 aliphatic carbocycles. The van der Waals surface area contributed by atoms with Crippen LogP contribution >= 0.6 is 0 Å². The van der Waals surface area contributed by atoms with Gasteiger partial charge >= 0.3 is 0 Å². The molecule has 5 rings (SSSR count). The van der Waals surface area contributed by atoms with Gasteiger partial charge in [-0.2, -0.15) is 5.10 Å². The van der Waals surface area contributed by atoms with Crippen molar-refractivity contribution in [3.05, 3.63) is 89.1 Å². The Hall–Kier alpha value is -4.54. The van der Waals surface area contributed by atoms with Crippen molar-refractivity contribution in [1.82, 2.24) is 15.2 Å². The molecule has 0 aliphatic heterocycles. The van der Waals surface area contributed by atoms with E-state index in [-0.39, 0.29) is 30.8 Å². The minimum absolute atomic E-state index is 0.0932. The van der Waals surface area contributed by atoms with Gasteiger partial charge in [0, 0.05) is 41.3 Å². The average molecular weight is 507 g/mol. The van der Waals surface area contributed by atoms with Crippen LogP contribution in [0, 0.1) is 17.8 Å². The number of rotatable bonds is 8. The van der Waals surface area contributed by atoms with Gasteiger partial charge in [0.25, 0.3) is 0 Å². The number of carbonyl (C=O) groups is 1. The largest absolute Gasteiger partial charge is 0.490 e. The number of nitrogens with zero attached hydrogens (tertiary/aromatic N) is 1. The van der Waals surface area contributed by atoms with Crippen LogP contribution in [0.25, 0.3) is 21.8 Å². The first-order valence-corrected chi connectivity index (χ1v) is 12.7. The summed E-state index contributed by atoms with van der Waals surface area (Å²) < 4.78 is 5.96. The average Bonchev–Trinajstić information content (AvgIpc) is 3.51. The van der Waals surface area contributed by atoms with Crippen molar-refractivity contribution in [2.75, 3.05) is 12.3 Å². The number of nitrogens with one attached hydrogen (secondary N) is 2. The first kappa shape index (κ1) is 25.1. The fourth-order valence-corrected chi connectivity index (χ4v) is 4.71. The molecule has 0 saturated heterocycles. The molecule has 0 radical (unpaired) electrons. The topological polar surface area (TPSA) is 117 Å². The third kappa shape index (κ3) is 5.26. The van der Waals surface area contributed by atoms with Crippen LogP contribution in [0.1, 0.15) is 47.3 Å². The quantitative estimate of drug-likeness (QED) is 0.170. The number of ketones is 1. The first-order chi connectivity index (χ1) is 18.4. The summed E-state index contributed by atoms with van der Waals surface area (Å²) in [6.45, 7) is 3.75. The first-order valence-electron chi connectivity index (χ1n) is 12.7. The highest BCUT2D eigenvalue weighted by Gasteiger charge is 2.21. The number of para-hydroxylation sites is 1. The Morgan fingerprint density at radius 1 is 1.08 bits per heavy atom. The Bertz CT molecular complexity index is 1670. The summed E-state index contributed by atoms with van der Waals surface area (Å²) in [4.78, 5) is 16.8. The number of aromatic nitrogens is 3. The number of ether oxygens (including phenoxy) is 1. The molecule has 7 heteroatoms. The molecule has 5 N–H and O–H groups in total. The molecule has 0 amide bonds. The van der Waals surface area contributed by atoms with Crippen molar-refractivity contribution in [2.24, 2.45) is 5.92 Å². The van der Waals surface area contributed by atoms with Crippen molar-refractivity contribution >= 4 is 33.4 Å². The number of aliphatic hydroxyl groups is 1. The molecule has 0 bridgehead atoms. The predicted octanol–water partition coefficient (Wildman–Crippen LogP) is 5.24. The second kappa shape index (κ2) is 10.8. The number of aromatic amines is 2. The highest BCUT2D eigenvalue weighted by molar-refractivity contribution is 5.99. The SMILES string of the molecule is CC(C)Oc1ccc(C#Cc2cccc3[nH]nc(N)c23)cc1C(=O)C[C@@H](CO)Cc1c[nH]c2ccccc12. The van der Waals surface area contributed by atoms with E-state index in [0.717, 1.165) is 32.9 Å². The monoisotopic (exact) mass is 506 g/mol. The Morgan fingerprint density at radius 2 is 1.89 bits per heavy atom. The van der Waals surface area contributed by atoms with E-state index in [0.29, 0.717) is 29.1 Å². The van der Waals surface area contributed by atoms with Crippen LogP contribution in [0.4, 0.5) is 5.82 Å². The van der Waals surface area contributed by atoms with Gasteiger partial charge in [-0.15, -0.1) is 0 Å². The zero-order chi connectivity index (χ0) is 26.6. The number of anilines is 1. The second-order valence-corrected chi connectivity index (χ2v) is 9.70. The maximum atomic E-state index is 13.5. The van der Waals surface area contributed by atoms with Crippen molar-refractivity contribution in [3.63, 3.8) is 0 Å². The van der Waals surface area contributed by atoms with Gasteiger partial charge in [0.05, 0.1) is 22.6 Å². The highest BCUT2D eigenvalue weighted by Crippen LogP contribution is 2.27. The van der Waals surface area contributed by atoms with Gasteiger partial charge in [-0.05, 0) is 68.1 Å². The second-order valence-electron chi connectivity index (χ2n) is 9.70. The lowest BCUT2D eigenvalue weighted by Gasteiger charge is -2.17. The molecule has 0 aliphatic rings. The highest BCUT2D eigenvalue weighted by atomic mass is 16.5. The minimum atomic E-state index is -0.231. The zero-order valence-electron chi connectivity index (χ0n) is 21.4. The predicted molar refractivity (Wildman–Crippen MR) is 150 cm³/mol. The summed E-state index contributed by atoms with van der Waals surface area (Å²) in [6, 6.07) is 19.1. The van der Waals surface area contributed by atoms with E-state index >= 15 is 0 Å². The summed E-state index contributed by atoms with van der Waals surface area (Å²) in [7, 11) is 0. The third-order valence-electron chi connectivity index (χ3n) is 6.52. The maximum Gasteiger partial charge on any atom is 0.167 e. The molecule has 3 aromatic carbocycles. The Morgan fingerprint density at radius 3 is 2.71 bits per heavy atom. The smallest absolute Gasteiger partial charge is 0.167 e. The van der Waals surface area contributed by atoms with Crippen molar-refractivity contribution in [3.8, 4) is 17.6 Å². The Labute approximate surface area is 221 Å². The summed E-state index contributed by atoms with van der Waals surface area (Å²) in [5.74, 6) is 6.92. The molecule has 2 heterocycles. The number of aliphatic hydroxyl groups excluding tert-OH is 1. The number of H-pyrrole nitrogens is 2. The molecule has 1 atom stereocenters. The van der Waals surface area contributed by atoms with Gasteiger partial charge in [-0.25, -0.2) is 0 Å². The summed E-state index contributed by atoms with van der Waals surface area (Å²) in [5.41, 5.74) is 10.9. The molecular formula is C31H30N4O3. The molecule has 5 aromatic rings. The Kier molecular flexibility index (Phi) is 7.16. The van der Waals surface area contributed by atoms with Gasteiger partial charge < -0.3 is 20.6 Å². The van der Waals surface area contributed by atoms with Gasteiger partial charge in [0.15, 0.2) is 11.6 Å². The number of benzene rings is 3. The molecule has 0 saturated carbocycles. The van der Waals surface area contributed by atoms with Crippen LogP contribution in [-0.2, 0) is 6.42 Å². The van der Waals surface area contributed by atoms with E-state index in [1.807, 2.05) is 68.6 Å². The van der Waals surface area contributed by atoms with E-state index in [4.69, 9.17) is 10.5 Å². The number of nitrogens with two attached hydrogens (primary N) is 1. The maximum absolute atomic E-state index is 13.5. The molecule has 192 valence electrons. The Balaban J connectivity index is 1.42. The molecule has 2 aromatic heterocycles. The van der Waals surface area contributed by atoms with Crippen LogP contribution in [0.15, 0.2) is 66.9 Å². The van der Waals surface area contributed by atoms with E-state index in [1.54, 1.807) is 12.1 Å². The molecule has 7 nitrogen and oxygen atoms in total. The van der Waals surface area contributed by atoms with E-state index in [9.17, 15) is 9.90 Å². The fourth-order valence-electron chi connectivity index (χ4n) is 4.71. The van der Waals surface area contributed by atoms with Crippen molar-refractivity contribution in [2.45, 2.75) is 32.8 Å². The van der Waals surface area contributed by atoms with Crippen LogP contribution in [0.5, 0.6) is 5.75 Å². The van der Waals surface area contributed by atoms with E-state index < -0.39 is 0 Å². The minimum Gasteiger partial charge on any atom is -0.490 e. The van der Waals surface area contributed by atoms with Crippen LogP contribution < -0.4 is 10.5 Å². The van der Waals surface area contributed by atoms with Crippen LogP contribution in [0.3, 0.4) is 0 Å². The number of hydrogen-bond donors (Lipinski definition) is 4. The molecule has 38 heavy (non-hydrogen) atoms. The summed E-state index contributed by atoms with van der Waals surface area (Å²) >= 11 is 0. The number of carbonyl (C=O) groups excluding carboxylic acids is 1. The van der Waals surface area contributed by atoms with E-state index in [1.165, 1.54) is 0 Å². The van der Waals surface area contributed by atoms with E-state index in [2.05, 4.69) is 27.0 Å². The zero-order valence-corrected chi connectivity index (χ0v) is 21.4. The van der Waals surface area contributed by atoms with Gasteiger partial charge in [0.2, 0.25) is 0 Å².